The fourth-order valence-corrected chi connectivity index (χ4v) is 1.22. The molecule has 0 bridgehead atoms. The second-order valence-corrected chi connectivity index (χ2v) is 3.82. The molecule has 0 aliphatic rings. The van der Waals surface area contributed by atoms with E-state index in [2.05, 4.69) is 4.74 Å². The van der Waals surface area contributed by atoms with Crippen molar-refractivity contribution >= 4 is 17.4 Å². The summed E-state index contributed by atoms with van der Waals surface area (Å²) in [5.74, 6) is -2.42. The Labute approximate surface area is 99.1 Å². The first-order valence-corrected chi connectivity index (χ1v) is 4.88. The molecule has 1 atom stereocenters. The molecule has 0 heterocycles. The highest BCUT2D eigenvalue weighted by atomic mass is 35.5. The lowest BCUT2D eigenvalue weighted by molar-refractivity contribution is -0.274. The lowest BCUT2D eigenvalue weighted by atomic mass is 10.1. The highest BCUT2D eigenvalue weighted by Crippen LogP contribution is 2.25. The Balaban J connectivity index is 3.07. The maximum absolute atomic E-state index is 13.2. The molecule has 7 heteroatoms. The number of carbonyl (C=O) groups is 1. The standard InChI is InChI=1S/C10H7ClF4O2/c1-5(11)9(16)7-4-6(2-3-8(7)12)17-10(13,14)15/h2-5H,1H3. The number of halogens is 5. The maximum atomic E-state index is 13.2. The smallest absolute Gasteiger partial charge is 0.406 e. The van der Waals surface area contributed by atoms with E-state index in [0.717, 1.165) is 6.07 Å². The zero-order chi connectivity index (χ0) is 13.2. The second-order valence-electron chi connectivity index (χ2n) is 3.17. The van der Waals surface area contributed by atoms with Crippen LogP contribution in [0.3, 0.4) is 0 Å². The van der Waals surface area contributed by atoms with Crippen molar-refractivity contribution < 1.29 is 27.1 Å². The molecular weight excluding hydrogens is 264 g/mol. The van der Waals surface area contributed by atoms with Crippen molar-refractivity contribution in [2.45, 2.75) is 18.7 Å². The molecule has 0 N–H and O–H groups in total. The summed E-state index contributed by atoms with van der Waals surface area (Å²) in [6.07, 6.45) is -4.90. The van der Waals surface area contributed by atoms with Crippen LogP contribution in [0.4, 0.5) is 17.6 Å². The molecule has 94 valence electrons. The molecule has 1 rings (SSSR count). The molecule has 0 saturated carbocycles. The van der Waals surface area contributed by atoms with E-state index >= 15 is 0 Å². The van der Waals surface area contributed by atoms with Gasteiger partial charge in [0.1, 0.15) is 11.6 Å². The van der Waals surface area contributed by atoms with E-state index in [0.29, 0.717) is 12.1 Å². The van der Waals surface area contributed by atoms with Crippen LogP contribution in [0.15, 0.2) is 18.2 Å². The van der Waals surface area contributed by atoms with Gasteiger partial charge < -0.3 is 4.74 Å². The van der Waals surface area contributed by atoms with Gasteiger partial charge in [-0.1, -0.05) is 0 Å². The van der Waals surface area contributed by atoms with Gasteiger partial charge in [0.25, 0.3) is 0 Å². The summed E-state index contributed by atoms with van der Waals surface area (Å²) in [6, 6.07) is 2.16. The first-order valence-electron chi connectivity index (χ1n) is 4.44. The van der Waals surface area contributed by atoms with Crippen LogP contribution < -0.4 is 4.74 Å². The number of carbonyl (C=O) groups excluding carboxylic acids is 1. The minimum absolute atomic E-state index is 0.533. The van der Waals surface area contributed by atoms with Crippen LogP contribution in [-0.4, -0.2) is 17.5 Å². The molecule has 0 amide bonds. The van der Waals surface area contributed by atoms with Crippen molar-refractivity contribution in [3.63, 3.8) is 0 Å². The van der Waals surface area contributed by atoms with E-state index in [9.17, 15) is 22.4 Å². The molecule has 2 nitrogen and oxygen atoms in total. The van der Waals surface area contributed by atoms with Crippen LogP contribution in [0.2, 0.25) is 0 Å². The van der Waals surface area contributed by atoms with Crippen molar-refractivity contribution in [1.29, 1.82) is 0 Å². The third-order valence-electron chi connectivity index (χ3n) is 1.80. The van der Waals surface area contributed by atoms with Crippen molar-refractivity contribution in [3.05, 3.63) is 29.6 Å². The molecular formula is C10H7ClF4O2. The Morgan fingerprint density at radius 3 is 2.47 bits per heavy atom. The molecule has 1 unspecified atom stereocenters. The van der Waals surface area contributed by atoms with Gasteiger partial charge in [0.05, 0.1) is 10.9 Å². The number of hydrogen-bond donors (Lipinski definition) is 0. The second kappa shape index (κ2) is 4.91. The fourth-order valence-electron chi connectivity index (χ4n) is 1.10. The van der Waals surface area contributed by atoms with E-state index < -0.39 is 34.7 Å². The number of Topliss-reactive ketones (excluding diaryl/α,β-unsaturated/α-hetero) is 1. The highest BCUT2D eigenvalue weighted by molar-refractivity contribution is 6.33. The summed E-state index contributed by atoms with van der Waals surface area (Å²) in [5, 5.41) is -1.04. The number of hydrogen-bond acceptors (Lipinski definition) is 2. The lowest BCUT2D eigenvalue weighted by Crippen LogP contribution is -2.18. The molecule has 1 aromatic rings. The largest absolute Gasteiger partial charge is 0.573 e. The van der Waals surface area contributed by atoms with Crippen molar-refractivity contribution in [2.24, 2.45) is 0 Å². The number of alkyl halides is 4. The third-order valence-corrected chi connectivity index (χ3v) is 2.00. The molecule has 0 aliphatic heterocycles. The Bertz CT molecular complexity index is 429. The molecule has 0 aliphatic carbocycles. The van der Waals surface area contributed by atoms with Gasteiger partial charge in [-0.3, -0.25) is 4.79 Å². The van der Waals surface area contributed by atoms with Gasteiger partial charge in [-0.05, 0) is 25.1 Å². The van der Waals surface area contributed by atoms with Gasteiger partial charge in [-0.15, -0.1) is 24.8 Å². The quantitative estimate of drug-likeness (QED) is 0.477. The fraction of sp³-hybridized carbons (Fsp3) is 0.300. The van der Waals surface area contributed by atoms with Crippen LogP contribution in [0, 0.1) is 5.82 Å². The molecule has 0 aromatic heterocycles. The predicted octanol–water partition coefficient (Wildman–Crippen LogP) is 3.53. The lowest BCUT2D eigenvalue weighted by Gasteiger charge is -2.10. The van der Waals surface area contributed by atoms with Gasteiger partial charge in [0.2, 0.25) is 0 Å². The minimum atomic E-state index is -4.90. The SMILES string of the molecule is CC(Cl)C(=O)c1cc(OC(F)(F)F)ccc1F. The first kappa shape index (κ1) is 13.8. The van der Waals surface area contributed by atoms with E-state index in [1.165, 1.54) is 6.92 Å². The maximum Gasteiger partial charge on any atom is 0.573 e. The Morgan fingerprint density at radius 1 is 1.41 bits per heavy atom. The van der Waals surface area contributed by atoms with Crippen molar-refractivity contribution in [1.82, 2.24) is 0 Å². The molecule has 1 aromatic carbocycles. The average molecular weight is 271 g/mol. The summed E-state index contributed by atoms with van der Waals surface area (Å²) in [4.78, 5) is 11.4. The predicted molar refractivity (Wildman–Crippen MR) is 52.7 cm³/mol. The summed E-state index contributed by atoms with van der Waals surface area (Å²) in [6.45, 7) is 1.29. The highest BCUT2D eigenvalue weighted by Gasteiger charge is 2.31. The van der Waals surface area contributed by atoms with Crippen molar-refractivity contribution in [2.75, 3.05) is 0 Å². The minimum Gasteiger partial charge on any atom is -0.406 e. The normalized spacial score (nSPS) is 13.3. The van der Waals surface area contributed by atoms with Gasteiger partial charge in [-0.25, -0.2) is 4.39 Å². The molecule has 17 heavy (non-hydrogen) atoms. The zero-order valence-corrected chi connectivity index (χ0v) is 9.27. The number of benzene rings is 1. The van der Waals surface area contributed by atoms with Crippen LogP contribution in [-0.2, 0) is 0 Å². The monoisotopic (exact) mass is 270 g/mol. The first-order chi connectivity index (χ1) is 7.70. The summed E-state index contributed by atoms with van der Waals surface area (Å²) < 4.78 is 52.5. The Morgan fingerprint density at radius 2 is 2.00 bits per heavy atom. The molecule has 0 radical (unpaired) electrons. The van der Waals surface area contributed by atoms with Gasteiger partial charge in [-0.2, -0.15) is 0 Å². The summed E-state index contributed by atoms with van der Waals surface area (Å²) in [7, 11) is 0. The van der Waals surface area contributed by atoms with E-state index in [4.69, 9.17) is 11.6 Å². The molecule has 0 saturated heterocycles. The third kappa shape index (κ3) is 3.89. The van der Waals surface area contributed by atoms with Crippen LogP contribution in [0.5, 0.6) is 5.75 Å². The average Bonchev–Trinajstić information content (AvgIpc) is 2.17. The summed E-state index contributed by atoms with van der Waals surface area (Å²) >= 11 is 5.44. The summed E-state index contributed by atoms with van der Waals surface area (Å²) in [5.41, 5.74) is -0.533. The van der Waals surface area contributed by atoms with Crippen LogP contribution >= 0.6 is 11.6 Å². The van der Waals surface area contributed by atoms with E-state index in [1.807, 2.05) is 0 Å². The molecule has 0 spiro atoms. The van der Waals surface area contributed by atoms with E-state index in [1.54, 1.807) is 0 Å². The van der Waals surface area contributed by atoms with Gasteiger partial charge in [0.15, 0.2) is 5.78 Å². The number of rotatable bonds is 3. The molecule has 0 fully saturated rings. The van der Waals surface area contributed by atoms with Gasteiger partial charge >= 0.3 is 6.36 Å². The van der Waals surface area contributed by atoms with Gasteiger partial charge in [0, 0.05) is 0 Å². The number of ketones is 1. The Kier molecular flexibility index (Phi) is 3.98. The topological polar surface area (TPSA) is 26.3 Å². The zero-order valence-electron chi connectivity index (χ0n) is 8.52. The van der Waals surface area contributed by atoms with Crippen molar-refractivity contribution in [3.8, 4) is 5.75 Å². The number of ether oxygens (including phenoxy) is 1. The van der Waals surface area contributed by atoms with Crippen LogP contribution in [0.1, 0.15) is 17.3 Å². The van der Waals surface area contributed by atoms with Crippen LogP contribution in [0.25, 0.3) is 0 Å². The Hall–Kier alpha value is -1.30. The van der Waals surface area contributed by atoms with E-state index in [-0.39, 0.29) is 0 Å².